The summed E-state index contributed by atoms with van der Waals surface area (Å²) in [6, 6.07) is 4.01. The Morgan fingerprint density at radius 3 is 2.15 bits per heavy atom. The van der Waals surface area contributed by atoms with E-state index in [1.54, 1.807) is 0 Å². The Morgan fingerprint density at radius 2 is 1.69 bits per heavy atom. The van der Waals surface area contributed by atoms with Gasteiger partial charge in [-0.2, -0.15) is 0 Å². The van der Waals surface area contributed by atoms with Gasteiger partial charge in [0, 0.05) is 11.9 Å². The lowest BCUT2D eigenvalue weighted by Gasteiger charge is -2.20. The van der Waals surface area contributed by atoms with Crippen LogP contribution in [0.5, 0.6) is 0 Å². The van der Waals surface area contributed by atoms with Gasteiger partial charge in [0.25, 0.3) is 0 Å². The van der Waals surface area contributed by atoms with E-state index in [9.17, 15) is 22.8 Å². The average molecular weight is 385 g/mol. The van der Waals surface area contributed by atoms with Crippen molar-refractivity contribution in [2.45, 2.75) is 31.2 Å². The van der Waals surface area contributed by atoms with Crippen LogP contribution in [-0.2, 0) is 19.4 Å². The molecule has 0 aromatic heterocycles. The number of carboxylic acid groups (broad SMARTS) is 1. The summed E-state index contributed by atoms with van der Waals surface area (Å²) in [7, 11) is -3.33. The van der Waals surface area contributed by atoms with Crippen LogP contribution in [0.2, 0.25) is 0 Å². The van der Waals surface area contributed by atoms with E-state index < -0.39 is 40.3 Å². The molecule has 0 aliphatic heterocycles. The first kappa shape index (κ1) is 21.4. The molecule has 0 unspecified atom stereocenters. The van der Waals surface area contributed by atoms with Crippen molar-refractivity contribution in [3.8, 4) is 0 Å². The SMILES string of the molecule is CC(C)C[C@H](NC(=O)Nc1ccc(S(C)(=O)=O)cc1)C(=O)NCC(=O)O. The molecular formula is C16H23N3O6S. The standard InChI is InChI=1S/C16H23N3O6S/c1-10(2)8-13(15(22)17-9-14(20)21)19-16(23)18-11-4-6-12(7-5-11)26(3,24)25/h4-7,10,13H,8-9H2,1-3H3,(H,17,22)(H,20,21)(H2,18,19,23)/t13-/m0/s1. The number of urea groups is 1. The summed E-state index contributed by atoms with van der Waals surface area (Å²) in [6.07, 6.45) is 1.40. The van der Waals surface area contributed by atoms with Crippen LogP contribution in [0, 0.1) is 5.92 Å². The first-order valence-electron chi connectivity index (χ1n) is 7.86. The van der Waals surface area contributed by atoms with Gasteiger partial charge in [0.2, 0.25) is 5.91 Å². The van der Waals surface area contributed by atoms with E-state index in [4.69, 9.17) is 5.11 Å². The molecule has 3 amide bonds. The lowest BCUT2D eigenvalue weighted by Crippen LogP contribution is -2.49. The van der Waals surface area contributed by atoms with Crippen LogP contribution < -0.4 is 16.0 Å². The van der Waals surface area contributed by atoms with Crippen LogP contribution >= 0.6 is 0 Å². The summed E-state index contributed by atoms with van der Waals surface area (Å²) in [5.41, 5.74) is 0.351. The number of rotatable bonds is 8. The second-order valence-electron chi connectivity index (χ2n) is 6.19. The normalized spacial score (nSPS) is 12.3. The van der Waals surface area contributed by atoms with Gasteiger partial charge in [-0.1, -0.05) is 13.8 Å². The van der Waals surface area contributed by atoms with Gasteiger partial charge in [0.15, 0.2) is 9.84 Å². The molecule has 1 aromatic carbocycles. The second-order valence-corrected chi connectivity index (χ2v) is 8.20. The van der Waals surface area contributed by atoms with Gasteiger partial charge in [-0.3, -0.25) is 9.59 Å². The number of benzene rings is 1. The number of carboxylic acids is 1. The predicted molar refractivity (Wildman–Crippen MR) is 95.6 cm³/mol. The van der Waals surface area contributed by atoms with E-state index >= 15 is 0 Å². The number of nitrogens with one attached hydrogen (secondary N) is 3. The first-order chi connectivity index (χ1) is 12.0. The zero-order chi connectivity index (χ0) is 19.9. The van der Waals surface area contributed by atoms with E-state index in [0.717, 1.165) is 6.26 Å². The number of amides is 3. The average Bonchev–Trinajstić information content (AvgIpc) is 2.51. The Morgan fingerprint density at radius 1 is 1.12 bits per heavy atom. The Bertz CT molecular complexity index is 759. The Hall–Kier alpha value is -2.62. The molecule has 0 saturated heterocycles. The number of carbonyl (C=O) groups excluding carboxylic acids is 2. The van der Waals surface area contributed by atoms with Crippen molar-refractivity contribution in [2.24, 2.45) is 5.92 Å². The van der Waals surface area contributed by atoms with Crippen molar-refractivity contribution in [1.29, 1.82) is 0 Å². The molecule has 0 bridgehead atoms. The fourth-order valence-corrected chi connectivity index (χ4v) is 2.73. The van der Waals surface area contributed by atoms with E-state index in [0.29, 0.717) is 12.1 Å². The molecular weight excluding hydrogens is 362 g/mol. The lowest BCUT2D eigenvalue weighted by atomic mass is 10.0. The van der Waals surface area contributed by atoms with Crippen molar-refractivity contribution in [3.63, 3.8) is 0 Å². The van der Waals surface area contributed by atoms with Crippen molar-refractivity contribution in [1.82, 2.24) is 10.6 Å². The first-order valence-corrected chi connectivity index (χ1v) is 9.75. The minimum absolute atomic E-state index is 0.0879. The summed E-state index contributed by atoms with van der Waals surface area (Å²) in [5.74, 6) is -1.69. The fourth-order valence-electron chi connectivity index (χ4n) is 2.10. The topological polar surface area (TPSA) is 142 Å². The molecule has 0 fully saturated rings. The van der Waals surface area contributed by atoms with Crippen LogP contribution in [0.3, 0.4) is 0 Å². The van der Waals surface area contributed by atoms with Gasteiger partial charge in [-0.15, -0.1) is 0 Å². The fraction of sp³-hybridized carbons (Fsp3) is 0.438. The highest BCUT2D eigenvalue weighted by molar-refractivity contribution is 7.90. The Kier molecular flexibility index (Phi) is 7.56. The summed E-state index contributed by atoms with van der Waals surface area (Å²) < 4.78 is 22.8. The minimum atomic E-state index is -3.33. The molecule has 0 saturated carbocycles. The Labute approximate surface area is 152 Å². The molecule has 0 heterocycles. The monoisotopic (exact) mass is 385 g/mol. The number of carbonyl (C=O) groups is 3. The minimum Gasteiger partial charge on any atom is -0.480 e. The summed E-state index contributed by atoms with van der Waals surface area (Å²) in [6.45, 7) is 3.19. The number of hydrogen-bond donors (Lipinski definition) is 4. The van der Waals surface area contributed by atoms with Crippen LogP contribution in [-0.4, -0.2) is 50.3 Å². The third-order valence-electron chi connectivity index (χ3n) is 3.28. The number of anilines is 1. The number of hydrogen-bond acceptors (Lipinski definition) is 5. The second kappa shape index (κ2) is 9.18. The van der Waals surface area contributed by atoms with Gasteiger partial charge in [-0.25, -0.2) is 13.2 Å². The molecule has 9 nitrogen and oxygen atoms in total. The van der Waals surface area contributed by atoms with Crippen LogP contribution in [0.25, 0.3) is 0 Å². The van der Waals surface area contributed by atoms with Gasteiger partial charge in [0.05, 0.1) is 4.90 Å². The largest absolute Gasteiger partial charge is 0.480 e. The third-order valence-corrected chi connectivity index (χ3v) is 4.41. The molecule has 10 heteroatoms. The van der Waals surface area contributed by atoms with Gasteiger partial charge in [-0.05, 0) is 36.6 Å². The molecule has 0 aliphatic rings. The van der Waals surface area contributed by atoms with Crippen molar-refractivity contribution in [2.75, 3.05) is 18.1 Å². The van der Waals surface area contributed by atoms with Crippen LogP contribution in [0.4, 0.5) is 10.5 Å². The third kappa shape index (κ3) is 7.51. The maximum absolute atomic E-state index is 12.1. The molecule has 1 rings (SSSR count). The predicted octanol–water partition coefficient (Wildman–Crippen LogP) is 0.827. The molecule has 144 valence electrons. The zero-order valence-electron chi connectivity index (χ0n) is 14.8. The maximum atomic E-state index is 12.1. The summed E-state index contributed by atoms with van der Waals surface area (Å²) in [5, 5.41) is 15.9. The van der Waals surface area contributed by atoms with Crippen molar-refractivity contribution in [3.05, 3.63) is 24.3 Å². The molecule has 1 aromatic rings. The van der Waals surface area contributed by atoms with E-state index in [1.165, 1.54) is 24.3 Å². The number of sulfone groups is 1. The van der Waals surface area contributed by atoms with E-state index in [-0.39, 0.29) is 10.8 Å². The number of aliphatic carboxylic acids is 1. The van der Waals surface area contributed by atoms with E-state index in [2.05, 4.69) is 16.0 Å². The molecule has 0 spiro atoms. The van der Waals surface area contributed by atoms with Crippen molar-refractivity contribution >= 4 is 33.4 Å². The maximum Gasteiger partial charge on any atom is 0.322 e. The molecule has 0 radical (unpaired) electrons. The quantitative estimate of drug-likeness (QED) is 0.522. The van der Waals surface area contributed by atoms with Crippen molar-refractivity contribution < 1.29 is 27.9 Å². The lowest BCUT2D eigenvalue weighted by molar-refractivity contribution is -0.138. The van der Waals surface area contributed by atoms with Gasteiger partial charge < -0.3 is 21.1 Å². The van der Waals surface area contributed by atoms with Gasteiger partial charge >= 0.3 is 12.0 Å². The highest BCUT2D eigenvalue weighted by atomic mass is 32.2. The zero-order valence-corrected chi connectivity index (χ0v) is 15.6. The smallest absolute Gasteiger partial charge is 0.322 e. The summed E-state index contributed by atoms with van der Waals surface area (Å²) >= 11 is 0. The molecule has 4 N–H and O–H groups in total. The molecule has 26 heavy (non-hydrogen) atoms. The highest BCUT2D eigenvalue weighted by Gasteiger charge is 2.22. The summed E-state index contributed by atoms with van der Waals surface area (Å²) in [4.78, 5) is 34.8. The van der Waals surface area contributed by atoms with Crippen LogP contribution in [0.15, 0.2) is 29.2 Å². The molecule has 0 aliphatic carbocycles. The van der Waals surface area contributed by atoms with Crippen LogP contribution in [0.1, 0.15) is 20.3 Å². The van der Waals surface area contributed by atoms with E-state index in [1.807, 2.05) is 13.8 Å². The van der Waals surface area contributed by atoms with Gasteiger partial charge in [0.1, 0.15) is 12.6 Å². The highest BCUT2D eigenvalue weighted by Crippen LogP contribution is 2.14. The molecule has 1 atom stereocenters. The Balaban J connectivity index is 2.73.